The Balaban J connectivity index is 2.09. The van der Waals surface area contributed by atoms with Gasteiger partial charge < -0.3 is 15.2 Å². The number of hydrogen-bond donors (Lipinski definition) is 2. The van der Waals surface area contributed by atoms with Crippen molar-refractivity contribution in [2.45, 2.75) is 24.8 Å². The quantitative estimate of drug-likeness (QED) is 0.768. The van der Waals surface area contributed by atoms with Gasteiger partial charge in [0, 0.05) is 6.07 Å². The predicted octanol–water partition coefficient (Wildman–Crippen LogP) is 0.812. The number of hydrogen-bond acceptors (Lipinski definition) is 5. The lowest BCUT2D eigenvalue weighted by Gasteiger charge is -2.41. The molecule has 1 saturated carbocycles. The molecule has 0 saturated heterocycles. The molecule has 15 heavy (non-hydrogen) atoms. The number of aliphatic hydroxyl groups is 1. The van der Waals surface area contributed by atoms with Crippen molar-refractivity contribution in [3.63, 3.8) is 0 Å². The van der Waals surface area contributed by atoms with Crippen LogP contribution in [0.3, 0.4) is 0 Å². The molecule has 1 fully saturated rings. The zero-order valence-corrected chi connectivity index (χ0v) is 8.73. The first-order valence-corrected chi connectivity index (χ1v) is 5.03. The molecule has 1 aromatic rings. The van der Waals surface area contributed by atoms with E-state index in [1.807, 2.05) is 0 Å². The smallest absolute Gasteiger partial charge is 0.218 e. The van der Waals surface area contributed by atoms with Gasteiger partial charge in [0.05, 0.1) is 19.3 Å². The van der Waals surface area contributed by atoms with Crippen molar-refractivity contribution in [2.24, 2.45) is 0 Å². The van der Waals surface area contributed by atoms with Crippen LogP contribution in [0.25, 0.3) is 0 Å². The molecule has 0 bridgehead atoms. The predicted molar refractivity (Wildman–Crippen MR) is 55.9 cm³/mol. The number of ether oxygens (including phenoxy) is 1. The van der Waals surface area contributed by atoms with Crippen LogP contribution >= 0.6 is 0 Å². The zero-order chi connectivity index (χ0) is 10.7. The van der Waals surface area contributed by atoms with Gasteiger partial charge in [0.25, 0.3) is 0 Å². The lowest BCUT2D eigenvalue weighted by Crippen LogP contribution is -2.48. The van der Waals surface area contributed by atoms with Crippen molar-refractivity contribution >= 4 is 5.82 Å². The minimum atomic E-state index is -0.181. The molecule has 1 aromatic heterocycles. The molecule has 2 rings (SSSR count). The number of aliphatic hydroxyl groups excluding tert-OH is 1. The largest absolute Gasteiger partial charge is 0.481 e. The van der Waals surface area contributed by atoms with E-state index in [0.29, 0.717) is 11.7 Å². The van der Waals surface area contributed by atoms with Crippen LogP contribution in [0.2, 0.25) is 0 Å². The molecule has 0 aliphatic heterocycles. The van der Waals surface area contributed by atoms with E-state index >= 15 is 0 Å². The van der Waals surface area contributed by atoms with E-state index in [1.165, 1.54) is 6.33 Å². The van der Waals surface area contributed by atoms with Gasteiger partial charge >= 0.3 is 0 Å². The van der Waals surface area contributed by atoms with E-state index in [9.17, 15) is 5.11 Å². The van der Waals surface area contributed by atoms with Gasteiger partial charge in [-0.15, -0.1) is 0 Å². The van der Waals surface area contributed by atoms with Gasteiger partial charge in [0.1, 0.15) is 12.1 Å². The van der Waals surface area contributed by atoms with Crippen LogP contribution in [-0.4, -0.2) is 34.3 Å². The summed E-state index contributed by atoms with van der Waals surface area (Å²) in [6.45, 7) is 0.138. The fraction of sp³-hybridized carbons (Fsp3) is 0.600. The number of anilines is 1. The van der Waals surface area contributed by atoms with Gasteiger partial charge in [-0.05, 0) is 19.3 Å². The average molecular weight is 209 g/mol. The summed E-state index contributed by atoms with van der Waals surface area (Å²) >= 11 is 0. The van der Waals surface area contributed by atoms with E-state index in [1.54, 1.807) is 13.2 Å². The Morgan fingerprint density at radius 3 is 2.87 bits per heavy atom. The first kappa shape index (κ1) is 10.2. The molecule has 0 atom stereocenters. The fourth-order valence-corrected chi connectivity index (χ4v) is 1.72. The minimum absolute atomic E-state index is 0.138. The molecule has 1 aliphatic rings. The highest BCUT2D eigenvalue weighted by molar-refractivity contribution is 5.41. The van der Waals surface area contributed by atoms with Crippen molar-refractivity contribution in [1.82, 2.24) is 9.97 Å². The van der Waals surface area contributed by atoms with Gasteiger partial charge in [0.2, 0.25) is 5.88 Å². The molecule has 0 aromatic carbocycles. The lowest BCUT2D eigenvalue weighted by molar-refractivity contribution is 0.143. The molecular weight excluding hydrogens is 194 g/mol. The van der Waals surface area contributed by atoms with E-state index in [2.05, 4.69) is 15.3 Å². The Kier molecular flexibility index (Phi) is 2.73. The van der Waals surface area contributed by atoms with Gasteiger partial charge in [0.15, 0.2) is 0 Å². The number of nitrogens with one attached hydrogen (secondary N) is 1. The zero-order valence-electron chi connectivity index (χ0n) is 8.73. The Bertz CT molecular complexity index is 334. The van der Waals surface area contributed by atoms with E-state index in [4.69, 9.17) is 4.74 Å². The number of nitrogens with zero attached hydrogens (tertiary/aromatic N) is 2. The topological polar surface area (TPSA) is 67.3 Å². The molecule has 0 spiro atoms. The highest BCUT2D eigenvalue weighted by Gasteiger charge is 2.36. The number of aromatic nitrogens is 2. The molecule has 0 radical (unpaired) electrons. The van der Waals surface area contributed by atoms with Crippen molar-refractivity contribution in [3.05, 3.63) is 12.4 Å². The summed E-state index contributed by atoms with van der Waals surface area (Å²) in [6, 6.07) is 1.73. The molecule has 1 heterocycles. The van der Waals surface area contributed by atoms with Gasteiger partial charge in [-0.3, -0.25) is 0 Å². The van der Waals surface area contributed by atoms with Gasteiger partial charge in [-0.1, -0.05) is 0 Å². The van der Waals surface area contributed by atoms with Crippen molar-refractivity contribution in [1.29, 1.82) is 0 Å². The fourth-order valence-electron chi connectivity index (χ4n) is 1.72. The SMILES string of the molecule is COc1cc(NC2(CO)CCC2)ncn1. The first-order valence-electron chi connectivity index (χ1n) is 5.03. The van der Waals surface area contributed by atoms with Crippen LogP contribution < -0.4 is 10.1 Å². The number of methoxy groups -OCH3 is 1. The molecule has 2 N–H and O–H groups in total. The average Bonchev–Trinajstić information content (AvgIpc) is 2.24. The molecule has 0 amide bonds. The summed E-state index contributed by atoms with van der Waals surface area (Å²) in [7, 11) is 1.57. The van der Waals surface area contributed by atoms with Crippen LogP contribution in [0.1, 0.15) is 19.3 Å². The van der Waals surface area contributed by atoms with Crippen LogP contribution in [-0.2, 0) is 0 Å². The molecule has 1 aliphatic carbocycles. The standard InChI is InChI=1S/C10H15N3O2/c1-15-9-5-8(11-7-12-9)13-10(6-14)3-2-4-10/h5,7,14H,2-4,6H2,1H3,(H,11,12,13). The van der Waals surface area contributed by atoms with Gasteiger partial charge in [-0.2, -0.15) is 0 Å². The summed E-state index contributed by atoms with van der Waals surface area (Å²) in [5, 5.41) is 12.5. The Hall–Kier alpha value is -1.36. The third kappa shape index (κ3) is 2.02. The maximum atomic E-state index is 9.29. The van der Waals surface area contributed by atoms with Crippen LogP contribution in [0.4, 0.5) is 5.82 Å². The first-order chi connectivity index (χ1) is 7.28. The highest BCUT2D eigenvalue weighted by Crippen LogP contribution is 2.34. The third-order valence-electron chi connectivity index (χ3n) is 2.86. The van der Waals surface area contributed by atoms with E-state index in [0.717, 1.165) is 19.3 Å². The normalized spacial score (nSPS) is 18.0. The maximum absolute atomic E-state index is 9.29. The summed E-state index contributed by atoms with van der Waals surface area (Å²) in [5.74, 6) is 1.23. The highest BCUT2D eigenvalue weighted by atomic mass is 16.5. The second kappa shape index (κ2) is 4.02. The molecule has 82 valence electrons. The molecule has 0 unspecified atom stereocenters. The molecular formula is C10H15N3O2. The summed E-state index contributed by atoms with van der Waals surface area (Å²) in [5.41, 5.74) is -0.181. The van der Waals surface area contributed by atoms with Crippen molar-refractivity contribution in [3.8, 4) is 5.88 Å². The van der Waals surface area contributed by atoms with Gasteiger partial charge in [-0.25, -0.2) is 9.97 Å². The maximum Gasteiger partial charge on any atom is 0.218 e. The Morgan fingerprint density at radius 2 is 2.33 bits per heavy atom. The van der Waals surface area contributed by atoms with E-state index < -0.39 is 0 Å². The Labute approximate surface area is 88.5 Å². The van der Waals surface area contributed by atoms with Crippen LogP contribution in [0, 0.1) is 0 Å². The monoisotopic (exact) mass is 209 g/mol. The minimum Gasteiger partial charge on any atom is -0.481 e. The Morgan fingerprint density at radius 1 is 1.53 bits per heavy atom. The lowest BCUT2D eigenvalue weighted by atomic mass is 9.77. The van der Waals surface area contributed by atoms with E-state index in [-0.39, 0.29) is 12.1 Å². The molecule has 5 heteroatoms. The summed E-state index contributed by atoms with van der Waals surface area (Å²) < 4.78 is 5.00. The second-order valence-electron chi connectivity index (χ2n) is 3.86. The van der Waals surface area contributed by atoms with Crippen LogP contribution in [0.5, 0.6) is 5.88 Å². The summed E-state index contributed by atoms with van der Waals surface area (Å²) in [6.07, 6.45) is 4.56. The van der Waals surface area contributed by atoms with Crippen LogP contribution in [0.15, 0.2) is 12.4 Å². The second-order valence-corrected chi connectivity index (χ2v) is 3.86. The van der Waals surface area contributed by atoms with Crippen molar-refractivity contribution in [2.75, 3.05) is 19.0 Å². The third-order valence-corrected chi connectivity index (χ3v) is 2.86. The summed E-state index contributed by atoms with van der Waals surface area (Å²) in [4.78, 5) is 8.01. The van der Waals surface area contributed by atoms with Crippen molar-refractivity contribution < 1.29 is 9.84 Å². The number of rotatable bonds is 4. The molecule has 5 nitrogen and oxygen atoms in total.